The Kier molecular flexibility index (Phi) is 2.54. The Morgan fingerprint density at radius 1 is 1.47 bits per heavy atom. The normalized spacial score (nSPS) is 10.8. The first-order chi connectivity index (χ1) is 7.09. The number of rotatable bonds is 2. The summed E-state index contributed by atoms with van der Waals surface area (Å²) < 4.78 is 1.39. The molecule has 0 radical (unpaired) electrons. The van der Waals surface area contributed by atoms with E-state index >= 15 is 0 Å². The average Bonchev–Trinajstić information content (AvgIpc) is 2.45. The first kappa shape index (κ1) is 10.3. The Labute approximate surface area is 95.0 Å². The van der Waals surface area contributed by atoms with Crippen molar-refractivity contribution >= 4 is 40.2 Å². The zero-order valence-electron chi connectivity index (χ0n) is 7.44. The number of hydrogen-bond acceptors (Lipinski definition) is 2. The molecule has 0 atom stereocenters. The predicted octanol–water partition coefficient (Wildman–Crippen LogP) is 2.43. The zero-order valence-corrected chi connectivity index (χ0v) is 8.96. The summed E-state index contributed by atoms with van der Waals surface area (Å²) in [6, 6.07) is 5.13. The van der Waals surface area contributed by atoms with Gasteiger partial charge in [-0.3, -0.25) is 4.79 Å². The summed E-state index contributed by atoms with van der Waals surface area (Å²) in [5, 5.41) is 9.28. The van der Waals surface area contributed by atoms with E-state index in [1.165, 1.54) is 4.57 Å². The van der Waals surface area contributed by atoms with Crippen molar-refractivity contribution in [3.63, 3.8) is 0 Å². The predicted molar refractivity (Wildman–Crippen MR) is 57.4 cm³/mol. The van der Waals surface area contributed by atoms with Crippen LogP contribution in [0.4, 0.5) is 0 Å². The highest BCUT2D eigenvalue weighted by Crippen LogP contribution is 2.25. The van der Waals surface area contributed by atoms with Gasteiger partial charge in [0.2, 0.25) is 5.28 Å². The van der Waals surface area contributed by atoms with Crippen molar-refractivity contribution in [2.24, 2.45) is 0 Å². The van der Waals surface area contributed by atoms with Gasteiger partial charge in [-0.2, -0.15) is 0 Å². The van der Waals surface area contributed by atoms with Crippen molar-refractivity contribution < 1.29 is 9.90 Å². The van der Waals surface area contributed by atoms with Crippen LogP contribution in [0.3, 0.4) is 0 Å². The van der Waals surface area contributed by atoms with Gasteiger partial charge in [0, 0.05) is 0 Å². The van der Waals surface area contributed by atoms with Crippen molar-refractivity contribution in [1.29, 1.82) is 0 Å². The topological polar surface area (TPSA) is 55.1 Å². The lowest BCUT2D eigenvalue weighted by Gasteiger charge is -2.00. The van der Waals surface area contributed by atoms with Crippen LogP contribution in [0.2, 0.25) is 10.3 Å². The van der Waals surface area contributed by atoms with Crippen LogP contribution in [0.15, 0.2) is 18.2 Å². The molecule has 0 unspecified atom stereocenters. The van der Waals surface area contributed by atoms with Crippen molar-refractivity contribution in [3.05, 3.63) is 28.5 Å². The van der Waals surface area contributed by atoms with Crippen LogP contribution >= 0.6 is 23.2 Å². The van der Waals surface area contributed by atoms with Gasteiger partial charge >= 0.3 is 5.97 Å². The largest absolute Gasteiger partial charge is 0.480 e. The number of carboxylic acids is 1. The van der Waals surface area contributed by atoms with E-state index in [4.69, 9.17) is 28.3 Å². The molecule has 0 aliphatic carbocycles. The van der Waals surface area contributed by atoms with Gasteiger partial charge in [0.05, 0.1) is 10.5 Å². The molecule has 0 aliphatic rings. The highest BCUT2D eigenvalue weighted by atomic mass is 35.5. The summed E-state index contributed by atoms with van der Waals surface area (Å²) in [4.78, 5) is 14.6. The van der Waals surface area contributed by atoms with Gasteiger partial charge in [-0.05, 0) is 23.7 Å². The number of hydrogen-bond donors (Lipinski definition) is 1. The number of imidazole rings is 1. The first-order valence-corrected chi connectivity index (χ1v) is 4.87. The number of aromatic nitrogens is 2. The van der Waals surface area contributed by atoms with Gasteiger partial charge in [0.15, 0.2) is 0 Å². The van der Waals surface area contributed by atoms with Crippen LogP contribution in [-0.2, 0) is 11.3 Å². The molecule has 2 rings (SSSR count). The van der Waals surface area contributed by atoms with Crippen molar-refractivity contribution in [2.75, 3.05) is 0 Å². The summed E-state index contributed by atoms with van der Waals surface area (Å²) in [7, 11) is 0. The fourth-order valence-corrected chi connectivity index (χ4v) is 1.82. The highest BCUT2D eigenvalue weighted by molar-refractivity contribution is 6.35. The van der Waals surface area contributed by atoms with Gasteiger partial charge in [0.1, 0.15) is 12.1 Å². The third kappa shape index (κ3) is 1.78. The number of carbonyl (C=O) groups is 1. The molecule has 4 nitrogen and oxygen atoms in total. The lowest BCUT2D eigenvalue weighted by molar-refractivity contribution is -0.137. The quantitative estimate of drug-likeness (QED) is 0.883. The Morgan fingerprint density at radius 3 is 2.87 bits per heavy atom. The molecular formula is C9H6Cl2N2O2. The Bertz CT molecular complexity index is 536. The zero-order chi connectivity index (χ0) is 11.0. The van der Waals surface area contributed by atoms with E-state index in [0.717, 1.165) is 0 Å². The number of fused-ring (bicyclic) bond motifs is 1. The number of halogens is 2. The second-order valence-corrected chi connectivity index (χ2v) is 3.71. The van der Waals surface area contributed by atoms with E-state index in [9.17, 15) is 4.79 Å². The fourth-order valence-electron chi connectivity index (χ4n) is 1.37. The molecule has 0 fully saturated rings. The first-order valence-electron chi connectivity index (χ1n) is 4.11. The Balaban J connectivity index is 2.68. The highest BCUT2D eigenvalue weighted by Gasteiger charge is 2.12. The maximum atomic E-state index is 10.6. The van der Waals surface area contributed by atoms with Crippen LogP contribution in [0.1, 0.15) is 0 Å². The molecular weight excluding hydrogens is 239 g/mol. The molecule has 0 saturated carbocycles. The van der Waals surface area contributed by atoms with Crippen molar-refractivity contribution in [2.45, 2.75) is 6.54 Å². The monoisotopic (exact) mass is 244 g/mol. The number of nitrogens with zero attached hydrogens (tertiary/aromatic N) is 2. The van der Waals surface area contributed by atoms with Crippen LogP contribution in [0, 0.1) is 0 Å². The molecule has 0 amide bonds. The molecule has 1 heterocycles. The maximum absolute atomic E-state index is 10.6. The Hall–Kier alpha value is -1.26. The van der Waals surface area contributed by atoms with Crippen LogP contribution in [-0.4, -0.2) is 20.6 Å². The second kappa shape index (κ2) is 3.72. The second-order valence-electron chi connectivity index (χ2n) is 2.97. The van der Waals surface area contributed by atoms with Crippen molar-refractivity contribution in [1.82, 2.24) is 9.55 Å². The number of para-hydroxylation sites is 1. The third-order valence-corrected chi connectivity index (χ3v) is 2.57. The van der Waals surface area contributed by atoms with Crippen LogP contribution in [0.5, 0.6) is 0 Å². The van der Waals surface area contributed by atoms with E-state index in [1.807, 2.05) is 0 Å². The molecule has 6 heteroatoms. The summed E-state index contributed by atoms with van der Waals surface area (Å²) in [6.07, 6.45) is 0. The molecule has 0 bridgehead atoms. The fraction of sp³-hybridized carbons (Fsp3) is 0.111. The molecule has 15 heavy (non-hydrogen) atoms. The molecule has 0 saturated heterocycles. The van der Waals surface area contributed by atoms with Crippen LogP contribution in [0.25, 0.3) is 11.0 Å². The Morgan fingerprint density at radius 2 is 2.20 bits per heavy atom. The minimum absolute atomic E-state index is 0.125. The SMILES string of the molecule is O=C(O)Cn1c(Cl)nc2c(Cl)cccc21. The lowest BCUT2D eigenvalue weighted by atomic mass is 10.3. The molecule has 0 aliphatic heterocycles. The van der Waals surface area contributed by atoms with Gasteiger partial charge in [0.25, 0.3) is 0 Å². The number of carboxylic acid groups (broad SMARTS) is 1. The van der Waals surface area contributed by atoms with E-state index < -0.39 is 5.97 Å². The number of benzene rings is 1. The van der Waals surface area contributed by atoms with Gasteiger partial charge < -0.3 is 9.67 Å². The van der Waals surface area contributed by atoms with E-state index in [0.29, 0.717) is 16.1 Å². The number of aliphatic carboxylic acids is 1. The summed E-state index contributed by atoms with van der Waals surface area (Å²) in [5.74, 6) is -0.976. The molecule has 78 valence electrons. The van der Waals surface area contributed by atoms with E-state index in [2.05, 4.69) is 4.98 Å². The molecule has 2 aromatic rings. The van der Waals surface area contributed by atoms with Gasteiger partial charge in [-0.1, -0.05) is 17.7 Å². The minimum Gasteiger partial charge on any atom is -0.480 e. The van der Waals surface area contributed by atoms with E-state index in [-0.39, 0.29) is 11.8 Å². The standard InChI is InChI=1S/C9H6Cl2N2O2/c10-5-2-1-3-6-8(5)12-9(11)13(6)4-7(14)15/h1-3H,4H2,(H,14,15). The van der Waals surface area contributed by atoms with Gasteiger partial charge in [-0.25, -0.2) is 4.98 Å². The molecule has 1 aromatic carbocycles. The molecule has 1 aromatic heterocycles. The summed E-state index contributed by atoms with van der Waals surface area (Å²) >= 11 is 11.7. The summed E-state index contributed by atoms with van der Waals surface area (Å²) in [6.45, 7) is -0.227. The average molecular weight is 245 g/mol. The summed E-state index contributed by atoms with van der Waals surface area (Å²) in [5.41, 5.74) is 1.14. The van der Waals surface area contributed by atoms with E-state index in [1.54, 1.807) is 18.2 Å². The van der Waals surface area contributed by atoms with Crippen LogP contribution < -0.4 is 0 Å². The molecule has 1 N–H and O–H groups in total. The minimum atomic E-state index is -0.976. The maximum Gasteiger partial charge on any atom is 0.323 e. The van der Waals surface area contributed by atoms with Crippen molar-refractivity contribution in [3.8, 4) is 0 Å². The third-order valence-electron chi connectivity index (χ3n) is 1.98. The smallest absolute Gasteiger partial charge is 0.323 e. The molecule has 0 spiro atoms. The van der Waals surface area contributed by atoms with Gasteiger partial charge in [-0.15, -0.1) is 0 Å². The lowest BCUT2D eigenvalue weighted by Crippen LogP contribution is -2.08.